The molecule has 0 aromatic heterocycles. The maximum Gasteiger partial charge on any atom is 0.407 e. The fourth-order valence-corrected chi connectivity index (χ4v) is 4.90. The minimum atomic E-state index is -3.14. The van der Waals surface area contributed by atoms with Crippen LogP contribution in [0.2, 0.25) is 0 Å². The maximum atomic E-state index is 12.2. The third-order valence-corrected chi connectivity index (χ3v) is 6.36. The molecule has 0 heterocycles. The Bertz CT molecular complexity index is 1290. The number of rotatable bonds is 6. The van der Waals surface area contributed by atoms with Gasteiger partial charge in [0, 0.05) is 30.7 Å². The summed E-state index contributed by atoms with van der Waals surface area (Å²) in [6, 6.07) is 23.6. The number of hydrogen-bond donors (Lipinski definition) is 1. The van der Waals surface area contributed by atoms with Crippen molar-refractivity contribution in [1.29, 1.82) is 0 Å². The van der Waals surface area contributed by atoms with Crippen LogP contribution in [0.4, 0.5) is 4.79 Å². The second-order valence-electron chi connectivity index (χ2n) is 8.03. The van der Waals surface area contributed by atoms with Crippen LogP contribution in [0.1, 0.15) is 34.6 Å². The quantitative estimate of drug-likeness (QED) is 0.435. The summed E-state index contributed by atoms with van der Waals surface area (Å²) >= 11 is 0. The first-order chi connectivity index (χ1) is 15.9. The van der Waals surface area contributed by atoms with Gasteiger partial charge < -0.3 is 10.1 Å². The van der Waals surface area contributed by atoms with E-state index in [1.807, 2.05) is 30.3 Å². The monoisotopic (exact) mass is 459 g/mol. The molecule has 0 spiro atoms. The van der Waals surface area contributed by atoms with Crippen LogP contribution in [0.3, 0.4) is 0 Å². The molecule has 1 N–H and O–H groups in total. The molecule has 1 amide bonds. The first-order valence-corrected chi connectivity index (χ1v) is 12.8. The molecule has 168 valence electrons. The molecule has 0 bridgehead atoms. The molecular weight excluding hydrogens is 434 g/mol. The lowest BCUT2D eigenvalue weighted by Gasteiger charge is -2.14. The number of carbonyl (C=O) groups is 1. The van der Waals surface area contributed by atoms with Gasteiger partial charge in [0.05, 0.1) is 5.75 Å². The molecule has 0 unspecified atom stereocenters. The standard InChI is InChI=1S/C27H25NO4S/c1-33(30,31)19-21-12-3-2-10-20(21)11-8-9-17-28-27(29)32-18-26-24-15-6-4-13-22(24)23-14-5-7-16-25(23)26/h2-7,10,12-16,26H,9,17-19H2,1H3,(H,28,29). The van der Waals surface area contributed by atoms with Gasteiger partial charge in [-0.25, -0.2) is 13.2 Å². The van der Waals surface area contributed by atoms with Crippen molar-refractivity contribution in [3.8, 4) is 23.0 Å². The Labute approximate surface area is 194 Å². The second-order valence-corrected chi connectivity index (χ2v) is 10.2. The first kappa shape index (κ1) is 22.6. The van der Waals surface area contributed by atoms with Gasteiger partial charge in [-0.3, -0.25) is 0 Å². The van der Waals surface area contributed by atoms with Crippen molar-refractivity contribution in [1.82, 2.24) is 5.32 Å². The number of nitrogens with one attached hydrogen (secondary N) is 1. The zero-order valence-corrected chi connectivity index (χ0v) is 19.2. The van der Waals surface area contributed by atoms with Crippen molar-refractivity contribution in [2.75, 3.05) is 19.4 Å². The number of fused-ring (bicyclic) bond motifs is 3. The normalized spacial score (nSPS) is 12.3. The van der Waals surface area contributed by atoms with Crippen molar-refractivity contribution < 1.29 is 17.9 Å². The van der Waals surface area contributed by atoms with Crippen LogP contribution < -0.4 is 5.32 Å². The third kappa shape index (κ3) is 5.63. The van der Waals surface area contributed by atoms with E-state index >= 15 is 0 Å². The summed E-state index contributed by atoms with van der Waals surface area (Å²) in [6.07, 6.45) is 1.16. The predicted octanol–water partition coefficient (Wildman–Crippen LogP) is 4.51. The molecule has 1 aliphatic carbocycles. The highest BCUT2D eigenvalue weighted by Crippen LogP contribution is 2.44. The fraction of sp³-hybridized carbons (Fsp3) is 0.222. The molecule has 0 radical (unpaired) electrons. The molecule has 3 aromatic rings. The van der Waals surface area contributed by atoms with Crippen LogP contribution in [0.15, 0.2) is 72.8 Å². The molecular formula is C27H25NO4S. The molecule has 6 heteroatoms. The molecule has 0 saturated carbocycles. The van der Waals surface area contributed by atoms with Gasteiger partial charge >= 0.3 is 6.09 Å². The van der Waals surface area contributed by atoms with E-state index in [1.165, 1.54) is 28.5 Å². The molecule has 5 nitrogen and oxygen atoms in total. The van der Waals surface area contributed by atoms with Crippen LogP contribution in [-0.2, 0) is 20.3 Å². The van der Waals surface area contributed by atoms with E-state index in [2.05, 4.69) is 41.4 Å². The molecule has 33 heavy (non-hydrogen) atoms. The SMILES string of the molecule is CS(=O)(=O)Cc1ccccc1C#CCCNC(=O)OCC1c2ccccc2-c2ccccc21. The van der Waals surface area contributed by atoms with Gasteiger partial charge in [0.1, 0.15) is 6.61 Å². The summed E-state index contributed by atoms with van der Waals surface area (Å²) in [7, 11) is -3.14. The van der Waals surface area contributed by atoms with Crippen LogP contribution in [0.5, 0.6) is 0 Å². The Kier molecular flexibility index (Phi) is 6.81. The van der Waals surface area contributed by atoms with Crippen molar-refractivity contribution in [3.63, 3.8) is 0 Å². The molecule has 0 atom stereocenters. The number of alkyl carbamates (subject to hydrolysis) is 1. The maximum absolute atomic E-state index is 12.2. The summed E-state index contributed by atoms with van der Waals surface area (Å²) in [4.78, 5) is 12.2. The topological polar surface area (TPSA) is 72.5 Å². The Morgan fingerprint density at radius 3 is 2.21 bits per heavy atom. The van der Waals surface area contributed by atoms with Gasteiger partial charge in [-0.1, -0.05) is 78.6 Å². The molecule has 3 aromatic carbocycles. The van der Waals surface area contributed by atoms with Crippen molar-refractivity contribution in [3.05, 3.63) is 95.1 Å². The van der Waals surface area contributed by atoms with Crippen molar-refractivity contribution in [2.45, 2.75) is 18.1 Å². The van der Waals surface area contributed by atoms with Gasteiger partial charge in [-0.05, 0) is 33.9 Å². The van der Waals surface area contributed by atoms with Crippen molar-refractivity contribution >= 4 is 15.9 Å². The zero-order valence-electron chi connectivity index (χ0n) is 18.4. The molecule has 0 aliphatic heterocycles. The minimum absolute atomic E-state index is 0.0225. The lowest BCUT2D eigenvalue weighted by atomic mass is 9.98. The van der Waals surface area contributed by atoms with Gasteiger partial charge in [-0.15, -0.1) is 0 Å². The van der Waals surface area contributed by atoms with Crippen LogP contribution in [0, 0.1) is 11.8 Å². The average Bonchev–Trinajstić information content (AvgIpc) is 3.11. The van der Waals surface area contributed by atoms with Gasteiger partial charge in [0.25, 0.3) is 0 Å². The van der Waals surface area contributed by atoms with E-state index in [1.54, 1.807) is 18.2 Å². The van der Waals surface area contributed by atoms with E-state index in [-0.39, 0.29) is 18.3 Å². The highest BCUT2D eigenvalue weighted by atomic mass is 32.2. The lowest BCUT2D eigenvalue weighted by Crippen LogP contribution is -2.26. The van der Waals surface area contributed by atoms with E-state index in [9.17, 15) is 13.2 Å². The summed E-state index contributed by atoms with van der Waals surface area (Å²) in [5.74, 6) is 5.97. The minimum Gasteiger partial charge on any atom is -0.449 e. The van der Waals surface area contributed by atoms with Crippen LogP contribution in [-0.4, -0.2) is 33.9 Å². The number of carbonyl (C=O) groups excluding carboxylic acids is 1. The zero-order chi connectivity index (χ0) is 23.3. The third-order valence-electron chi connectivity index (χ3n) is 5.52. The molecule has 1 aliphatic rings. The highest BCUT2D eigenvalue weighted by Gasteiger charge is 2.28. The highest BCUT2D eigenvalue weighted by molar-refractivity contribution is 7.89. The molecule has 0 fully saturated rings. The van der Waals surface area contributed by atoms with Crippen molar-refractivity contribution in [2.24, 2.45) is 0 Å². The largest absolute Gasteiger partial charge is 0.449 e. The van der Waals surface area contributed by atoms with Crippen LogP contribution >= 0.6 is 0 Å². The van der Waals surface area contributed by atoms with Crippen LogP contribution in [0.25, 0.3) is 11.1 Å². The average molecular weight is 460 g/mol. The number of ether oxygens (including phenoxy) is 1. The summed E-state index contributed by atoms with van der Waals surface area (Å²) in [6.45, 7) is 0.613. The van der Waals surface area contributed by atoms with E-state index in [0.29, 0.717) is 24.1 Å². The Balaban J connectivity index is 1.29. The smallest absolute Gasteiger partial charge is 0.407 e. The molecule has 4 rings (SSSR count). The van der Waals surface area contributed by atoms with Gasteiger partial charge in [0.15, 0.2) is 9.84 Å². The second kappa shape index (κ2) is 9.93. The Morgan fingerprint density at radius 2 is 1.55 bits per heavy atom. The van der Waals surface area contributed by atoms with E-state index in [4.69, 9.17) is 4.74 Å². The van der Waals surface area contributed by atoms with E-state index in [0.717, 1.165) is 0 Å². The first-order valence-electron chi connectivity index (χ1n) is 10.8. The van der Waals surface area contributed by atoms with Gasteiger partial charge in [-0.2, -0.15) is 0 Å². The predicted molar refractivity (Wildman–Crippen MR) is 130 cm³/mol. The number of benzene rings is 3. The van der Waals surface area contributed by atoms with E-state index < -0.39 is 15.9 Å². The number of sulfone groups is 1. The fourth-order valence-electron chi connectivity index (χ4n) is 4.08. The Hall–Kier alpha value is -3.56. The Morgan fingerprint density at radius 1 is 0.939 bits per heavy atom. The molecule has 0 saturated heterocycles. The summed E-state index contributed by atoms with van der Waals surface area (Å²) in [5.41, 5.74) is 6.08. The van der Waals surface area contributed by atoms with Gasteiger partial charge in [0.2, 0.25) is 0 Å². The summed E-state index contributed by atoms with van der Waals surface area (Å²) < 4.78 is 28.7. The number of amides is 1. The number of hydrogen-bond acceptors (Lipinski definition) is 4. The lowest BCUT2D eigenvalue weighted by molar-refractivity contribution is 0.143. The summed E-state index contributed by atoms with van der Waals surface area (Å²) in [5, 5.41) is 2.73.